The fourth-order valence-corrected chi connectivity index (χ4v) is 5.59. The van der Waals surface area contributed by atoms with Crippen molar-refractivity contribution in [1.82, 2.24) is 14.8 Å². The number of piperidine rings is 1. The van der Waals surface area contributed by atoms with E-state index in [1.165, 1.54) is 0 Å². The molecule has 1 N–H and O–H groups in total. The molecule has 2 saturated heterocycles. The summed E-state index contributed by atoms with van der Waals surface area (Å²) < 4.78 is 0. The number of carbonyl (C=O) groups is 2. The fraction of sp³-hybridized carbons (Fsp3) is 0.458. The number of benzene rings is 1. The van der Waals surface area contributed by atoms with Gasteiger partial charge in [-0.3, -0.25) is 14.6 Å². The largest absolute Gasteiger partial charge is 0.334 e. The van der Waals surface area contributed by atoms with Gasteiger partial charge in [-0.05, 0) is 68.6 Å². The topological polar surface area (TPSA) is 65.5 Å². The lowest BCUT2D eigenvalue weighted by atomic mass is 9.73. The maximum absolute atomic E-state index is 13.5. The van der Waals surface area contributed by atoms with Crippen molar-refractivity contribution in [2.75, 3.05) is 32.0 Å². The Morgan fingerprint density at radius 2 is 1.97 bits per heavy atom. The van der Waals surface area contributed by atoms with Crippen LogP contribution in [0.4, 0.5) is 5.69 Å². The summed E-state index contributed by atoms with van der Waals surface area (Å²) in [5.41, 5.74) is 2.04. The number of aromatic nitrogens is 1. The van der Waals surface area contributed by atoms with Crippen LogP contribution in [0.25, 0.3) is 0 Å². The van der Waals surface area contributed by atoms with Gasteiger partial charge in [-0.25, -0.2) is 0 Å². The highest BCUT2D eigenvalue weighted by molar-refractivity contribution is 6.07. The third-order valence-electron chi connectivity index (χ3n) is 7.21. The first-order valence-electron chi connectivity index (χ1n) is 10.9. The average Bonchev–Trinajstić information content (AvgIpc) is 3.30. The van der Waals surface area contributed by atoms with Gasteiger partial charge in [0.1, 0.15) is 5.41 Å². The van der Waals surface area contributed by atoms with E-state index in [-0.39, 0.29) is 17.9 Å². The van der Waals surface area contributed by atoms with Crippen LogP contribution in [0.1, 0.15) is 42.9 Å². The number of hydrogen-bond donors (Lipinski definition) is 1. The Labute approximate surface area is 177 Å². The maximum Gasteiger partial charge on any atom is 0.237 e. The zero-order chi connectivity index (χ0) is 20.7. The molecule has 156 valence electrons. The van der Waals surface area contributed by atoms with Gasteiger partial charge in [-0.2, -0.15) is 0 Å². The molecule has 5 rings (SSSR count). The number of pyridine rings is 1. The molecule has 0 saturated carbocycles. The summed E-state index contributed by atoms with van der Waals surface area (Å²) >= 11 is 0. The zero-order valence-electron chi connectivity index (χ0n) is 17.4. The van der Waals surface area contributed by atoms with Crippen LogP contribution in [-0.2, 0) is 15.0 Å². The van der Waals surface area contributed by atoms with Gasteiger partial charge < -0.3 is 15.1 Å². The van der Waals surface area contributed by atoms with Crippen molar-refractivity contribution >= 4 is 17.5 Å². The van der Waals surface area contributed by atoms with Crippen LogP contribution >= 0.6 is 0 Å². The van der Waals surface area contributed by atoms with Gasteiger partial charge in [-0.1, -0.05) is 24.3 Å². The number of carbonyl (C=O) groups excluding carboxylic acids is 2. The maximum atomic E-state index is 13.5. The van der Waals surface area contributed by atoms with E-state index in [2.05, 4.69) is 22.2 Å². The van der Waals surface area contributed by atoms with E-state index in [0.717, 1.165) is 42.7 Å². The summed E-state index contributed by atoms with van der Waals surface area (Å²) in [5, 5.41) is 3.07. The van der Waals surface area contributed by atoms with Crippen molar-refractivity contribution in [3.8, 4) is 0 Å². The molecule has 0 aliphatic carbocycles. The molecule has 2 atom stereocenters. The van der Waals surface area contributed by atoms with Gasteiger partial charge >= 0.3 is 0 Å². The van der Waals surface area contributed by atoms with Gasteiger partial charge in [0.05, 0.1) is 6.04 Å². The monoisotopic (exact) mass is 404 g/mol. The van der Waals surface area contributed by atoms with Gasteiger partial charge in [0.15, 0.2) is 0 Å². The second-order valence-electron chi connectivity index (χ2n) is 8.95. The third kappa shape index (κ3) is 3.01. The molecule has 0 bridgehead atoms. The van der Waals surface area contributed by atoms with Gasteiger partial charge in [0, 0.05) is 31.0 Å². The Balaban J connectivity index is 1.50. The molecule has 4 heterocycles. The standard InChI is InChI=1S/C24H28N4O2/c1-27-12-8-17(9-13-27)15-21(29)28-14-10-24(22(28)18-5-4-11-25-16-18)19-6-2-3-7-20(19)26-23(24)30/h2-7,11,16-17,22H,8-10,12-15H2,1H3,(H,26,30). The number of rotatable bonds is 3. The lowest BCUT2D eigenvalue weighted by molar-refractivity contribution is -0.134. The summed E-state index contributed by atoms with van der Waals surface area (Å²) in [6.07, 6.45) is 6.85. The van der Waals surface area contributed by atoms with E-state index in [9.17, 15) is 9.59 Å². The molecule has 2 aromatic rings. The van der Waals surface area contributed by atoms with Crippen molar-refractivity contribution < 1.29 is 9.59 Å². The summed E-state index contributed by atoms with van der Waals surface area (Å²) in [6, 6.07) is 11.5. The first kappa shape index (κ1) is 19.2. The van der Waals surface area contributed by atoms with Crippen LogP contribution < -0.4 is 5.32 Å². The Morgan fingerprint density at radius 1 is 1.17 bits per heavy atom. The van der Waals surface area contributed by atoms with Gasteiger partial charge in [0.2, 0.25) is 11.8 Å². The van der Waals surface area contributed by atoms with Crippen LogP contribution in [0, 0.1) is 5.92 Å². The highest BCUT2D eigenvalue weighted by atomic mass is 16.2. The van der Waals surface area contributed by atoms with Gasteiger partial charge in [0.25, 0.3) is 0 Å². The molecular formula is C24H28N4O2. The summed E-state index contributed by atoms with van der Waals surface area (Å²) in [6.45, 7) is 2.68. The summed E-state index contributed by atoms with van der Waals surface area (Å²) in [5.74, 6) is 0.573. The van der Waals surface area contributed by atoms with E-state index in [4.69, 9.17) is 0 Å². The van der Waals surface area contributed by atoms with Crippen molar-refractivity contribution in [1.29, 1.82) is 0 Å². The molecule has 6 heteroatoms. The molecule has 1 aromatic heterocycles. The molecule has 2 unspecified atom stereocenters. The third-order valence-corrected chi connectivity index (χ3v) is 7.21. The lowest BCUT2D eigenvalue weighted by Gasteiger charge is -2.35. The predicted molar refractivity (Wildman–Crippen MR) is 115 cm³/mol. The van der Waals surface area contributed by atoms with Crippen LogP contribution in [0.5, 0.6) is 0 Å². The summed E-state index contributed by atoms with van der Waals surface area (Å²) in [4.78, 5) is 35.4. The molecule has 30 heavy (non-hydrogen) atoms. The number of nitrogens with one attached hydrogen (secondary N) is 1. The van der Waals surface area contributed by atoms with Crippen molar-refractivity contribution in [3.63, 3.8) is 0 Å². The van der Waals surface area contributed by atoms with E-state index in [0.29, 0.717) is 25.3 Å². The van der Waals surface area contributed by atoms with E-state index in [1.807, 2.05) is 47.5 Å². The number of anilines is 1. The quantitative estimate of drug-likeness (QED) is 0.854. The number of fused-ring (bicyclic) bond motifs is 2. The molecule has 2 fully saturated rings. The minimum atomic E-state index is -0.748. The molecule has 6 nitrogen and oxygen atoms in total. The predicted octanol–water partition coefficient (Wildman–Crippen LogP) is 2.98. The SMILES string of the molecule is CN1CCC(CC(=O)N2CCC3(C(=O)Nc4ccccc43)C2c2cccnc2)CC1. The fourth-order valence-electron chi connectivity index (χ4n) is 5.59. The minimum absolute atomic E-state index is 0.00727. The van der Waals surface area contributed by atoms with Crippen molar-refractivity contribution in [2.45, 2.75) is 37.1 Å². The normalized spacial score (nSPS) is 26.8. The number of nitrogens with zero attached hydrogens (tertiary/aromatic N) is 3. The average molecular weight is 405 g/mol. The Bertz CT molecular complexity index is 955. The van der Waals surface area contributed by atoms with Crippen LogP contribution in [0.2, 0.25) is 0 Å². The number of likely N-dealkylation sites (tertiary alicyclic amines) is 2. The molecule has 0 radical (unpaired) electrons. The Kier molecular flexibility index (Phi) is 4.82. The molecule has 2 amide bonds. The first-order chi connectivity index (χ1) is 14.6. The van der Waals surface area contributed by atoms with E-state index < -0.39 is 5.41 Å². The van der Waals surface area contributed by atoms with Crippen molar-refractivity contribution in [2.24, 2.45) is 5.92 Å². The van der Waals surface area contributed by atoms with Crippen molar-refractivity contribution in [3.05, 3.63) is 59.9 Å². The van der Waals surface area contributed by atoms with Crippen LogP contribution in [0.3, 0.4) is 0 Å². The molecular weight excluding hydrogens is 376 g/mol. The Hall–Kier alpha value is -2.73. The molecule has 1 aromatic carbocycles. The Morgan fingerprint density at radius 3 is 2.73 bits per heavy atom. The van der Waals surface area contributed by atoms with Crippen LogP contribution in [0.15, 0.2) is 48.8 Å². The molecule has 3 aliphatic rings. The second-order valence-corrected chi connectivity index (χ2v) is 8.95. The van der Waals surface area contributed by atoms with Gasteiger partial charge in [-0.15, -0.1) is 0 Å². The number of para-hydroxylation sites is 1. The minimum Gasteiger partial charge on any atom is -0.334 e. The second kappa shape index (κ2) is 7.51. The van der Waals surface area contributed by atoms with E-state index in [1.54, 1.807) is 6.20 Å². The smallest absolute Gasteiger partial charge is 0.237 e. The highest BCUT2D eigenvalue weighted by Crippen LogP contribution is 2.54. The highest BCUT2D eigenvalue weighted by Gasteiger charge is 2.59. The molecule has 1 spiro atoms. The number of amides is 2. The van der Waals surface area contributed by atoms with E-state index >= 15 is 0 Å². The molecule has 3 aliphatic heterocycles. The number of hydrogen-bond acceptors (Lipinski definition) is 4. The zero-order valence-corrected chi connectivity index (χ0v) is 17.4. The lowest BCUT2D eigenvalue weighted by Crippen LogP contribution is -2.43. The summed E-state index contributed by atoms with van der Waals surface area (Å²) in [7, 11) is 2.14. The van der Waals surface area contributed by atoms with Crippen LogP contribution in [-0.4, -0.2) is 53.3 Å². The first-order valence-corrected chi connectivity index (χ1v) is 10.9.